The number of hydrogen-bond acceptors (Lipinski definition) is 1. The van der Waals surface area contributed by atoms with Crippen LogP contribution in [0.3, 0.4) is 0 Å². The van der Waals surface area contributed by atoms with Crippen molar-refractivity contribution in [2.45, 2.75) is 0 Å². The fraction of sp³-hybridized carbons (Fsp3) is 0. The van der Waals surface area contributed by atoms with Crippen LogP contribution in [0.1, 0.15) is 0 Å². The van der Waals surface area contributed by atoms with Gasteiger partial charge < -0.3 is 5.11 Å². The lowest BCUT2D eigenvalue weighted by molar-refractivity contribution is 0.473. The van der Waals surface area contributed by atoms with E-state index in [2.05, 4.69) is 22.6 Å². The molecule has 0 bridgehead atoms. The van der Waals surface area contributed by atoms with E-state index in [-0.39, 0.29) is 0 Å². The lowest BCUT2D eigenvalue weighted by Gasteiger charge is -2.05. The SMILES string of the molecule is Oc1c(I)cccc1-c1ccccc1. The van der Waals surface area contributed by atoms with Crippen molar-refractivity contribution in [2.75, 3.05) is 0 Å². The van der Waals surface area contributed by atoms with Crippen LogP contribution in [0.25, 0.3) is 11.1 Å². The van der Waals surface area contributed by atoms with E-state index in [1.54, 1.807) is 0 Å². The highest BCUT2D eigenvalue weighted by Gasteiger charge is 2.05. The van der Waals surface area contributed by atoms with Gasteiger partial charge in [-0.3, -0.25) is 0 Å². The van der Waals surface area contributed by atoms with Gasteiger partial charge in [-0.2, -0.15) is 0 Å². The molecule has 0 amide bonds. The number of phenols is 1. The highest BCUT2D eigenvalue weighted by Crippen LogP contribution is 2.32. The van der Waals surface area contributed by atoms with Gasteiger partial charge in [-0.15, -0.1) is 0 Å². The molecule has 0 fully saturated rings. The quantitative estimate of drug-likeness (QED) is 0.796. The molecule has 0 saturated carbocycles. The molecule has 0 heterocycles. The first-order valence-electron chi connectivity index (χ1n) is 4.32. The summed E-state index contributed by atoms with van der Waals surface area (Å²) >= 11 is 2.13. The Morgan fingerprint density at radius 1 is 0.857 bits per heavy atom. The Balaban J connectivity index is 2.58. The van der Waals surface area contributed by atoms with Crippen molar-refractivity contribution in [3.8, 4) is 16.9 Å². The molecule has 2 aromatic rings. The third kappa shape index (κ3) is 1.75. The monoisotopic (exact) mass is 296 g/mol. The van der Waals surface area contributed by atoms with Crippen molar-refractivity contribution in [3.05, 3.63) is 52.1 Å². The lowest BCUT2D eigenvalue weighted by atomic mass is 10.1. The molecule has 0 aliphatic heterocycles. The molecule has 0 radical (unpaired) electrons. The second-order valence-electron chi connectivity index (χ2n) is 3.00. The van der Waals surface area contributed by atoms with Gasteiger partial charge in [-0.1, -0.05) is 42.5 Å². The van der Waals surface area contributed by atoms with Crippen molar-refractivity contribution in [3.63, 3.8) is 0 Å². The Morgan fingerprint density at radius 2 is 1.57 bits per heavy atom. The summed E-state index contributed by atoms with van der Waals surface area (Å²) in [5.74, 6) is 0.360. The van der Waals surface area contributed by atoms with E-state index in [1.807, 2.05) is 48.5 Å². The molecule has 0 saturated heterocycles. The minimum atomic E-state index is 0.360. The third-order valence-corrected chi connectivity index (χ3v) is 2.94. The standard InChI is InChI=1S/C12H9IO/c13-11-8-4-7-10(12(11)14)9-5-2-1-3-6-9/h1-8,14H. The predicted molar refractivity (Wildman–Crippen MR) is 66.3 cm³/mol. The van der Waals surface area contributed by atoms with Crippen LogP contribution in [0.5, 0.6) is 5.75 Å². The van der Waals surface area contributed by atoms with Gasteiger partial charge in [0, 0.05) is 5.56 Å². The smallest absolute Gasteiger partial charge is 0.136 e. The Kier molecular flexibility index (Phi) is 2.72. The first kappa shape index (κ1) is 9.52. The van der Waals surface area contributed by atoms with Gasteiger partial charge in [0.15, 0.2) is 0 Å². The first-order valence-corrected chi connectivity index (χ1v) is 5.40. The number of para-hydroxylation sites is 1. The minimum Gasteiger partial charge on any atom is -0.506 e. The molecule has 2 heteroatoms. The number of halogens is 1. The third-order valence-electron chi connectivity index (χ3n) is 2.07. The van der Waals surface area contributed by atoms with Crippen molar-refractivity contribution in [1.82, 2.24) is 0 Å². The van der Waals surface area contributed by atoms with Gasteiger partial charge in [0.2, 0.25) is 0 Å². The Hall–Kier alpha value is -1.03. The molecule has 1 N–H and O–H groups in total. The van der Waals surface area contributed by atoms with Crippen LogP contribution in [0.4, 0.5) is 0 Å². The zero-order valence-electron chi connectivity index (χ0n) is 7.44. The molecule has 0 aliphatic rings. The first-order chi connectivity index (χ1) is 6.79. The molecule has 14 heavy (non-hydrogen) atoms. The molecular formula is C12H9IO. The Labute approximate surface area is 96.5 Å². The van der Waals surface area contributed by atoms with Gasteiger partial charge in [0.05, 0.1) is 3.57 Å². The minimum absolute atomic E-state index is 0.360. The summed E-state index contributed by atoms with van der Waals surface area (Å²) in [7, 11) is 0. The summed E-state index contributed by atoms with van der Waals surface area (Å²) in [6.07, 6.45) is 0. The second kappa shape index (κ2) is 4.00. The molecule has 70 valence electrons. The maximum absolute atomic E-state index is 9.84. The molecule has 0 unspecified atom stereocenters. The number of benzene rings is 2. The van der Waals surface area contributed by atoms with Crippen LogP contribution in [-0.2, 0) is 0 Å². The van der Waals surface area contributed by atoms with Crippen LogP contribution in [0.15, 0.2) is 48.5 Å². The summed E-state index contributed by atoms with van der Waals surface area (Å²) in [5, 5.41) is 9.84. The van der Waals surface area contributed by atoms with E-state index < -0.39 is 0 Å². The number of phenolic OH excluding ortho intramolecular Hbond substituents is 1. The summed E-state index contributed by atoms with van der Waals surface area (Å²) in [6.45, 7) is 0. The van der Waals surface area contributed by atoms with Gasteiger partial charge in [-0.25, -0.2) is 0 Å². The zero-order chi connectivity index (χ0) is 9.97. The van der Waals surface area contributed by atoms with E-state index in [9.17, 15) is 5.11 Å². The fourth-order valence-corrected chi connectivity index (χ4v) is 1.86. The van der Waals surface area contributed by atoms with Crippen molar-refractivity contribution < 1.29 is 5.11 Å². The average molecular weight is 296 g/mol. The van der Waals surface area contributed by atoms with Crippen LogP contribution in [-0.4, -0.2) is 5.11 Å². The van der Waals surface area contributed by atoms with Gasteiger partial charge >= 0.3 is 0 Å². The molecule has 2 aromatic carbocycles. The van der Waals surface area contributed by atoms with Crippen molar-refractivity contribution >= 4 is 22.6 Å². The molecule has 2 rings (SSSR count). The van der Waals surface area contributed by atoms with E-state index in [0.717, 1.165) is 14.7 Å². The van der Waals surface area contributed by atoms with Crippen LogP contribution in [0.2, 0.25) is 0 Å². The maximum Gasteiger partial charge on any atom is 0.136 e. The van der Waals surface area contributed by atoms with Gasteiger partial charge in [0.25, 0.3) is 0 Å². The Bertz CT molecular complexity index is 437. The predicted octanol–water partition coefficient (Wildman–Crippen LogP) is 3.66. The largest absolute Gasteiger partial charge is 0.506 e. The van der Waals surface area contributed by atoms with E-state index in [4.69, 9.17) is 0 Å². The van der Waals surface area contributed by atoms with Crippen molar-refractivity contribution in [2.24, 2.45) is 0 Å². The average Bonchev–Trinajstić information content (AvgIpc) is 2.23. The van der Waals surface area contributed by atoms with Crippen LogP contribution in [0, 0.1) is 3.57 Å². The topological polar surface area (TPSA) is 20.2 Å². The zero-order valence-corrected chi connectivity index (χ0v) is 9.60. The molecule has 1 nitrogen and oxygen atoms in total. The molecule has 0 aromatic heterocycles. The summed E-state index contributed by atoms with van der Waals surface area (Å²) in [5.41, 5.74) is 1.93. The highest BCUT2D eigenvalue weighted by molar-refractivity contribution is 14.1. The second-order valence-corrected chi connectivity index (χ2v) is 4.16. The van der Waals surface area contributed by atoms with E-state index in [1.165, 1.54) is 0 Å². The normalized spacial score (nSPS) is 10.1. The van der Waals surface area contributed by atoms with E-state index >= 15 is 0 Å². The van der Waals surface area contributed by atoms with Crippen LogP contribution >= 0.6 is 22.6 Å². The number of hydrogen-bond donors (Lipinski definition) is 1. The van der Waals surface area contributed by atoms with Crippen molar-refractivity contribution in [1.29, 1.82) is 0 Å². The van der Waals surface area contributed by atoms with E-state index in [0.29, 0.717) is 5.75 Å². The molecule has 0 aliphatic carbocycles. The fourth-order valence-electron chi connectivity index (χ4n) is 1.37. The molecule has 0 atom stereocenters. The van der Waals surface area contributed by atoms with Gasteiger partial charge in [0.1, 0.15) is 5.75 Å². The maximum atomic E-state index is 9.84. The summed E-state index contributed by atoms with van der Waals surface area (Å²) < 4.78 is 0.879. The number of aromatic hydroxyl groups is 1. The summed E-state index contributed by atoms with van der Waals surface area (Å²) in [4.78, 5) is 0. The van der Waals surface area contributed by atoms with Gasteiger partial charge in [-0.05, 0) is 34.2 Å². The summed E-state index contributed by atoms with van der Waals surface area (Å²) in [6, 6.07) is 15.6. The Morgan fingerprint density at radius 3 is 2.29 bits per heavy atom. The lowest BCUT2D eigenvalue weighted by Crippen LogP contribution is -1.80. The number of rotatable bonds is 1. The van der Waals surface area contributed by atoms with Crippen LogP contribution < -0.4 is 0 Å². The molecular weight excluding hydrogens is 287 g/mol. The highest BCUT2D eigenvalue weighted by atomic mass is 127. The molecule has 0 spiro atoms.